The number of hydrogen-bond acceptors (Lipinski definition) is 5. The number of carbonyl (C=O) groups excluding carboxylic acids is 2. The average Bonchev–Trinajstić information content (AvgIpc) is 3.04. The van der Waals surface area contributed by atoms with Crippen LogP contribution in [0.25, 0.3) is 0 Å². The van der Waals surface area contributed by atoms with E-state index in [9.17, 15) is 9.59 Å². The minimum absolute atomic E-state index is 0.0169. The Balaban J connectivity index is 1.62. The lowest BCUT2D eigenvalue weighted by Crippen LogP contribution is -2.38. The van der Waals surface area contributed by atoms with Crippen LogP contribution < -0.4 is 0 Å². The van der Waals surface area contributed by atoms with Gasteiger partial charge < -0.3 is 14.3 Å². The van der Waals surface area contributed by atoms with Gasteiger partial charge in [0.25, 0.3) is 5.91 Å². The van der Waals surface area contributed by atoms with Crippen LogP contribution in [0.5, 0.6) is 0 Å². The third kappa shape index (κ3) is 3.68. The molecule has 0 radical (unpaired) electrons. The molecule has 3 heterocycles. The Morgan fingerprint density at radius 1 is 1.24 bits per heavy atom. The Morgan fingerprint density at radius 3 is 2.60 bits per heavy atom. The van der Waals surface area contributed by atoms with E-state index in [0.717, 1.165) is 11.3 Å². The lowest BCUT2D eigenvalue weighted by molar-refractivity contribution is -0.130. The average molecular weight is 366 g/mol. The SMILES string of the molecule is Cc1noc(C)c1CC(=O)N1CCCN(C(=O)c2[nH]ncc2Cl)CC1. The molecule has 0 saturated carbocycles. The number of nitrogens with zero attached hydrogens (tertiary/aromatic N) is 4. The summed E-state index contributed by atoms with van der Waals surface area (Å²) in [5.74, 6) is 0.497. The maximum absolute atomic E-state index is 12.6. The summed E-state index contributed by atoms with van der Waals surface area (Å²) in [5.41, 5.74) is 1.87. The van der Waals surface area contributed by atoms with E-state index >= 15 is 0 Å². The van der Waals surface area contributed by atoms with Crippen molar-refractivity contribution >= 4 is 23.4 Å². The molecule has 0 atom stereocenters. The van der Waals surface area contributed by atoms with Gasteiger partial charge in [-0.2, -0.15) is 5.10 Å². The van der Waals surface area contributed by atoms with Crippen LogP contribution in [0.1, 0.15) is 33.9 Å². The van der Waals surface area contributed by atoms with Crippen molar-refractivity contribution in [2.24, 2.45) is 0 Å². The van der Waals surface area contributed by atoms with Gasteiger partial charge in [-0.3, -0.25) is 14.7 Å². The van der Waals surface area contributed by atoms with Crippen molar-refractivity contribution < 1.29 is 14.1 Å². The van der Waals surface area contributed by atoms with E-state index in [1.807, 2.05) is 6.92 Å². The molecule has 1 aliphatic rings. The molecule has 0 bridgehead atoms. The summed E-state index contributed by atoms with van der Waals surface area (Å²) >= 11 is 5.96. The Hall–Kier alpha value is -2.35. The van der Waals surface area contributed by atoms with Crippen molar-refractivity contribution in [3.8, 4) is 0 Å². The second kappa shape index (κ2) is 7.26. The largest absolute Gasteiger partial charge is 0.361 e. The quantitative estimate of drug-likeness (QED) is 0.891. The van der Waals surface area contributed by atoms with Gasteiger partial charge >= 0.3 is 0 Å². The first-order valence-electron chi connectivity index (χ1n) is 8.15. The monoisotopic (exact) mass is 365 g/mol. The Kier molecular flexibility index (Phi) is 5.08. The number of carbonyl (C=O) groups is 2. The van der Waals surface area contributed by atoms with Crippen molar-refractivity contribution in [3.63, 3.8) is 0 Å². The van der Waals surface area contributed by atoms with Crippen molar-refractivity contribution in [3.05, 3.63) is 33.9 Å². The van der Waals surface area contributed by atoms with Crippen molar-refractivity contribution in [1.82, 2.24) is 25.2 Å². The number of amides is 2. The van der Waals surface area contributed by atoms with Gasteiger partial charge in [-0.15, -0.1) is 0 Å². The van der Waals surface area contributed by atoms with Gasteiger partial charge in [0.1, 0.15) is 11.5 Å². The van der Waals surface area contributed by atoms with Gasteiger partial charge in [0.2, 0.25) is 5.91 Å². The molecule has 1 aliphatic heterocycles. The molecule has 0 unspecified atom stereocenters. The fourth-order valence-electron chi connectivity index (χ4n) is 2.97. The topological polar surface area (TPSA) is 95.3 Å². The van der Waals surface area contributed by atoms with E-state index in [4.69, 9.17) is 16.1 Å². The van der Waals surface area contributed by atoms with Crippen LogP contribution in [-0.4, -0.2) is 63.1 Å². The molecule has 2 amide bonds. The number of H-pyrrole nitrogens is 1. The molecule has 8 nitrogen and oxygen atoms in total. The molecular formula is C16H20ClN5O3. The molecule has 3 rings (SSSR count). The first kappa shape index (κ1) is 17.5. The highest BCUT2D eigenvalue weighted by Crippen LogP contribution is 2.17. The van der Waals surface area contributed by atoms with Crippen LogP contribution in [0.4, 0.5) is 0 Å². The van der Waals surface area contributed by atoms with Crippen LogP contribution >= 0.6 is 11.6 Å². The number of aryl methyl sites for hydroxylation is 2. The maximum atomic E-state index is 12.6. The molecule has 1 fully saturated rings. The van der Waals surface area contributed by atoms with Crippen LogP contribution in [0, 0.1) is 13.8 Å². The number of aromatic nitrogens is 3. The highest BCUT2D eigenvalue weighted by molar-refractivity contribution is 6.33. The van der Waals surface area contributed by atoms with E-state index < -0.39 is 0 Å². The lowest BCUT2D eigenvalue weighted by atomic mass is 10.1. The number of hydrogen-bond donors (Lipinski definition) is 1. The highest BCUT2D eigenvalue weighted by Gasteiger charge is 2.26. The van der Waals surface area contributed by atoms with Crippen LogP contribution in [0.15, 0.2) is 10.7 Å². The molecule has 0 aromatic carbocycles. The number of aromatic amines is 1. The second-order valence-electron chi connectivity index (χ2n) is 6.10. The fraction of sp³-hybridized carbons (Fsp3) is 0.500. The third-order valence-electron chi connectivity index (χ3n) is 4.45. The van der Waals surface area contributed by atoms with Gasteiger partial charge in [0, 0.05) is 31.7 Å². The van der Waals surface area contributed by atoms with Gasteiger partial charge in [0.05, 0.1) is 23.3 Å². The first-order valence-corrected chi connectivity index (χ1v) is 8.53. The predicted molar refractivity (Wildman–Crippen MR) is 90.4 cm³/mol. The van der Waals surface area contributed by atoms with Crippen molar-refractivity contribution in [2.45, 2.75) is 26.7 Å². The second-order valence-corrected chi connectivity index (χ2v) is 6.51. The summed E-state index contributed by atoms with van der Waals surface area (Å²) in [4.78, 5) is 28.6. The smallest absolute Gasteiger partial charge is 0.273 e. The summed E-state index contributed by atoms with van der Waals surface area (Å²) in [6.45, 7) is 5.77. The zero-order chi connectivity index (χ0) is 18.0. The summed E-state index contributed by atoms with van der Waals surface area (Å²) in [6.07, 6.45) is 2.39. The van der Waals surface area contributed by atoms with E-state index in [2.05, 4.69) is 15.4 Å². The Labute approximate surface area is 150 Å². The van der Waals surface area contributed by atoms with Crippen LogP contribution in [0.2, 0.25) is 5.02 Å². The molecule has 9 heteroatoms. The maximum Gasteiger partial charge on any atom is 0.273 e. The molecule has 134 valence electrons. The van der Waals surface area contributed by atoms with Gasteiger partial charge in [-0.1, -0.05) is 16.8 Å². The minimum Gasteiger partial charge on any atom is -0.361 e. The molecule has 1 N–H and O–H groups in total. The van der Waals surface area contributed by atoms with E-state index in [1.54, 1.807) is 16.7 Å². The normalized spacial score (nSPS) is 15.3. The standard InChI is InChI=1S/C16H20ClN5O3/c1-10-12(11(2)25-20-10)8-14(23)21-4-3-5-22(7-6-21)16(24)15-13(17)9-18-19-15/h9H,3-8H2,1-2H3,(H,18,19). The van der Waals surface area contributed by atoms with Crippen molar-refractivity contribution in [2.75, 3.05) is 26.2 Å². The lowest BCUT2D eigenvalue weighted by Gasteiger charge is -2.22. The molecule has 1 saturated heterocycles. The van der Waals surface area contributed by atoms with Crippen molar-refractivity contribution in [1.29, 1.82) is 0 Å². The third-order valence-corrected chi connectivity index (χ3v) is 4.74. The summed E-state index contributed by atoms with van der Waals surface area (Å²) < 4.78 is 5.11. The predicted octanol–water partition coefficient (Wildman–Crippen LogP) is 1.59. The van der Waals surface area contributed by atoms with Gasteiger partial charge in [0.15, 0.2) is 0 Å². The summed E-state index contributed by atoms with van der Waals surface area (Å²) in [6, 6.07) is 0. The number of nitrogens with one attached hydrogen (secondary N) is 1. The zero-order valence-corrected chi connectivity index (χ0v) is 15.0. The molecule has 25 heavy (non-hydrogen) atoms. The fourth-order valence-corrected chi connectivity index (χ4v) is 3.14. The Bertz CT molecular complexity index is 765. The van der Waals surface area contributed by atoms with E-state index in [1.165, 1.54) is 6.20 Å². The zero-order valence-electron chi connectivity index (χ0n) is 14.2. The molecule has 0 aliphatic carbocycles. The summed E-state index contributed by atoms with van der Waals surface area (Å²) in [5, 5.41) is 10.6. The Morgan fingerprint density at radius 2 is 1.96 bits per heavy atom. The highest BCUT2D eigenvalue weighted by atomic mass is 35.5. The molecule has 2 aromatic heterocycles. The molecular weight excluding hydrogens is 346 g/mol. The molecule has 0 spiro atoms. The summed E-state index contributed by atoms with van der Waals surface area (Å²) in [7, 11) is 0. The van der Waals surface area contributed by atoms with Crippen LogP contribution in [0.3, 0.4) is 0 Å². The van der Waals surface area contributed by atoms with Gasteiger partial charge in [-0.05, 0) is 20.3 Å². The molecule has 2 aromatic rings. The first-order chi connectivity index (χ1) is 12.0. The minimum atomic E-state index is -0.192. The van der Waals surface area contributed by atoms with Gasteiger partial charge in [-0.25, -0.2) is 0 Å². The van der Waals surface area contributed by atoms with E-state index in [0.29, 0.717) is 43.4 Å². The van der Waals surface area contributed by atoms with Crippen LogP contribution in [-0.2, 0) is 11.2 Å². The number of halogens is 1. The van der Waals surface area contributed by atoms with E-state index in [-0.39, 0.29) is 23.9 Å². The number of rotatable bonds is 3.